The van der Waals surface area contributed by atoms with Gasteiger partial charge in [0.25, 0.3) is 0 Å². The highest BCUT2D eigenvalue weighted by molar-refractivity contribution is 6.17. The van der Waals surface area contributed by atoms with E-state index in [4.69, 9.17) is 11.6 Å². The van der Waals surface area contributed by atoms with Crippen LogP contribution in [0.1, 0.15) is 5.69 Å². The molecule has 0 fully saturated rings. The topological polar surface area (TPSA) is 17.8 Å². The summed E-state index contributed by atoms with van der Waals surface area (Å²) in [6.45, 7) is 0. The van der Waals surface area contributed by atoms with Crippen molar-refractivity contribution in [2.45, 2.75) is 5.88 Å². The molecule has 2 aromatic rings. The van der Waals surface area contributed by atoms with Crippen LogP contribution in [0.3, 0.4) is 0 Å². The minimum atomic E-state index is 0. The number of nitrogens with zero attached hydrogens (tertiary/aromatic N) is 2. The van der Waals surface area contributed by atoms with Gasteiger partial charge in [0.1, 0.15) is 0 Å². The van der Waals surface area contributed by atoms with Gasteiger partial charge in [0.05, 0.1) is 17.1 Å². The van der Waals surface area contributed by atoms with Crippen molar-refractivity contribution < 1.29 is 0 Å². The molecule has 0 amide bonds. The molecular formula is C9H10Cl2N2. The average Bonchev–Trinajstić information content (AvgIpc) is 2.40. The number of halogens is 2. The van der Waals surface area contributed by atoms with Gasteiger partial charge < -0.3 is 0 Å². The van der Waals surface area contributed by atoms with Crippen LogP contribution < -0.4 is 0 Å². The third-order valence-electron chi connectivity index (χ3n) is 1.99. The van der Waals surface area contributed by atoms with E-state index in [0.717, 1.165) is 16.6 Å². The second-order valence-electron chi connectivity index (χ2n) is 2.72. The highest BCUT2D eigenvalue weighted by atomic mass is 35.5. The van der Waals surface area contributed by atoms with E-state index in [-0.39, 0.29) is 12.4 Å². The van der Waals surface area contributed by atoms with Gasteiger partial charge in [-0.25, -0.2) is 0 Å². The van der Waals surface area contributed by atoms with E-state index < -0.39 is 0 Å². The van der Waals surface area contributed by atoms with E-state index in [2.05, 4.69) is 5.10 Å². The Bertz CT molecular complexity index is 409. The first kappa shape index (κ1) is 10.4. The number of aromatic nitrogens is 2. The quantitative estimate of drug-likeness (QED) is 0.671. The summed E-state index contributed by atoms with van der Waals surface area (Å²) in [5, 5.41) is 5.46. The van der Waals surface area contributed by atoms with Crippen LogP contribution in [-0.4, -0.2) is 9.78 Å². The predicted molar refractivity (Wildman–Crippen MR) is 57.5 cm³/mol. The maximum atomic E-state index is 5.79. The summed E-state index contributed by atoms with van der Waals surface area (Å²) in [5.74, 6) is 0.511. The number of rotatable bonds is 1. The minimum Gasteiger partial charge on any atom is -0.270 e. The number of benzene rings is 1. The SMILES string of the molecule is Cl.Cn1nc2ccccc2c1CCl. The molecule has 0 saturated heterocycles. The van der Waals surface area contributed by atoms with E-state index in [1.807, 2.05) is 36.0 Å². The van der Waals surface area contributed by atoms with E-state index >= 15 is 0 Å². The first-order valence-corrected chi connectivity index (χ1v) is 4.33. The van der Waals surface area contributed by atoms with Gasteiger partial charge in [0, 0.05) is 12.4 Å². The Hall–Kier alpha value is -0.730. The van der Waals surface area contributed by atoms with Crippen LogP contribution in [0.15, 0.2) is 24.3 Å². The van der Waals surface area contributed by atoms with E-state index in [0.29, 0.717) is 5.88 Å². The van der Waals surface area contributed by atoms with Gasteiger partial charge in [-0.3, -0.25) is 4.68 Å². The van der Waals surface area contributed by atoms with Crippen LogP contribution >= 0.6 is 24.0 Å². The molecule has 1 aromatic heterocycles. The van der Waals surface area contributed by atoms with E-state index in [1.54, 1.807) is 0 Å². The maximum absolute atomic E-state index is 5.79. The summed E-state index contributed by atoms with van der Waals surface area (Å²) in [5.41, 5.74) is 2.09. The lowest BCUT2D eigenvalue weighted by Gasteiger charge is -1.94. The van der Waals surface area contributed by atoms with Crippen LogP contribution in [0, 0.1) is 0 Å². The zero-order valence-electron chi connectivity index (χ0n) is 7.20. The molecule has 4 heteroatoms. The number of alkyl halides is 1. The maximum Gasteiger partial charge on any atom is 0.0926 e. The summed E-state index contributed by atoms with van der Waals surface area (Å²) in [6, 6.07) is 8.01. The Morgan fingerprint density at radius 2 is 2.08 bits per heavy atom. The van der Waals surface area contributed by atoms with Crippen LogP contribution in [0.25, 0.3) is 10.9 Å². The normalized spacial score (nSPS) is 10.0. The van der Waals surface area contributed by atoms with Crippen molar-refractivity contribution in [2.75, 3.05) is 0 Å². The van der Waals surface area contributed by atoms with Gasteiger partial charge in [0.15, 0.2) is 0 Å². The zero-order chi connectivity index (χ0) is 8.55. The van der Waals surface area contributed by atoms with Gasteiger partial charge in [0.2, 0.25) is 0 Å². The van der Waals surface area contributed by atoms with Crippen LogP contribution in [-0.2, 0) is 12.9 Å². The second kappa shape index (κ2) is 3.99. The Balaban J connectivity index is 0.000000845. The monoisotopic (exact) mass is 216 g/mol. The smallest absolute Gasteiger partial charge is 0.0926 e. The van der Waals surface area contributed by atoms with Crippen molar-refractivity contribution in [3.8, 4) is 0 Å². The number of hydrogen-bond acceptors (Lipinski definition) is 1. The third-order valence-corrected chi connectivity index (χ3v) is 2.24. The first-order valence-electron chi connectivity index (χ1n) is 3.79. The van der Waals surface area contributed by atoms with Gasteiger partial charge in [-0.05, 0) is 6.07 Å². The summed E-state index contributed by atoms with van der Waals surface area (Å²) >= 11 is 5.79. The van der Waals surface area contributed by atoms with Crippen molar-refractivity contribution in [2.24, 2.45) is 7.05 Å². The van der Waals surface area contributed by atoms with Crippen LogP contribution in [0.4, 0.5) is 0 Å². The van der Waals surface area contributed by atoms with Crippen molar-refractivity contribution in [1.82, 2.24) is 9.78 Å². The zero-order valence-corrected chi connectivity index (χ0v) is 8.77. The lowest BCUT2D eigenvalue weighted by atomic mass is 10.2. The fraction of sp³-hybridized carbons (Fsp3) is 0.222. The van der Waals surface area contributed by atoms with Gasteiger partial charge >= 0.3 is 0 Å². The summed E-state index contributed by atoms with van der Waals surface area (Å²) in [7, 11) is 1.91. The largest absolute Gasteiger partial charge is 0.270 e. The van der Waals surface area contributed by atoms with Gasteiger partial charge in [-0.15, -0.1) is 24.0 Å². The molecule has 0 aliphatic heterocycles. The molecule has 0 N–H and O–H groups in total. The lowest BCUT2D eigenvalue weighted by Crippen LogP contribution is -1.94. The Kier molecular flexibility index (Phi) is 3.17. The Morgan fingerprint density at radius 1 is 1.38 bits per heavy atom. The van der Waals surface area contributed by atoms with Crippen LogP contribution in [0.5, 0.6) is 0 Å². The highest BCUT2D eigenvalue weighted by Crippen LogP contribution is 2.18. The number of fused-ring (bicyclic) bond motifs is 1. The van der Waals surface area contributed by atoms with E-state index in [9.17, 15) is 0 Å². The van der Waals surface area contributed by atoms with E-state index in [1.165, 1.54) is 0 Å². The average molecular weight is 217 g/mol. The fourth-order valence-corrected chi connectivity index (χ4v) is 1.68. The molecule has 0 unspecified atom stereocenters. The molecule has 0 saturated carbocycles. The molecule has 70 valence electrons. The molecule has 2 nitrogen and oxygen atoms in total. The summed E-state index contributed by atoms with van der Waals surface area (Å²) < 4.78 is 1.83. The summed E-state index contributed by atoms with van der Waals surface area (Å²) in [6.07, 6.45) is 0. The third kappa shape index (κ3) is 1.64. The van der Waals surface area contributed by atoms with Gasteiger partial charge in [-0.2, -0.15) is 5.10 Å². The molecule has 0 radical (unpaired) electrons. The molecule has 0 bridgehead atoms. The van der Waals surface area contributed by atoms with Crippen molar-refractivity contribution in [3.05, 3.63) is 30.0 Å². The second-order valence-corrected chi connectivity index (χ2v) is 2.99. The molecule has 1 aromatic carbocycles. The van der Waals surface area contributed by atoms with Crippen molar-refractivity contribution in [1.29, 1.82) is 0 Å². The van der Waals surface area contributed by atoms with Gasteiger partial charge in [-0.1, -0.05) is 18.2 Å². The number of aryl methyl sites for hydroxylation is 1. The molecule has 0 aliphatic rings. The molecule has 1 heterocycles. The Labute approximate surface area is 87.9 Å². The molecule has 13 heavy (non-hydrogen) atoms. The Morgan fingerprint density at radius 3 is 2.77 bits per heavy atom. The molecule has 0 atom stereocenters. The van der Waals surface area contributed by atoms with Crippen LogP contribution in [0.2, 0.25) is 0 Å². The minimum absolute atomic E-state index is 0. The number of hydrogen-bond donors (Lipinski definition) is 0. The molecule has 2 rings (SSSR count). The fourth-order valence-electron chi connectivity index (χ4n) is 1.36. The molecule has 0 aliphatic carbocycles. The first-order chi connectivity index (χ1) is 5.83. The molecule has 0 spiro atoms. The standard InChI is InChI=1S/C9H9ClN2.ClH/c1-12-9(6-10)7-4-2-3-5-8(7)11-12;/h2-5H,6H2,1H3;1H. The predicted octanol–water partition coefficient (Wildman–Crippen LogP) is 2.73. The summed E-state index contributed by atoms with van der Waals surface area (Å²) in [4.78, 5) is 0. The highest BCUT2D eigenvalue weighted by Gasteiger charge is 2.05. The van der Waals surface area contributed by atoms with Crippen molar-refractivity contribution >= 4 is 34.9 Å². The van der Waals surface area contributed by atoms with Crippen molar-refractivity contribution in [3.63, 3.8) is 0 Å². The lowest BCUT2D eigenvalue weighted by molar-refractivity contribution is 0.746. The molecular weight excluding hydrogens is 207 g/mol.